The van der Waals surface area contributed by atoms with Crippen molar-refractivity contribution in [3.05, 3.63) is 82.3 Å². The van der Waals surface area contributed by atoms with Crippen LogP contribution in [-0.2, 0) is 0 Å². The summed E-state index contributed by atoms with van der Waals surface area (Å²) in [5.74, 6) is 0.718. The van der Waals surface area contributed by atoms with Crippen molar-refractivity contribution in [2.45, 2.75) is 19.8 Å². The van der Waals surface area contributed by atoms with E-state index in [4.69, 9.17) is 4.42 Å². The molecule has 5 nitrogen and oxygen atoms in total. The van der Waals surface area contributed by atoms with Crippen molar-refractivity contribution in [2.75, 3.05) is 6.54 Å². The number of H-pyrrole nitrogens is 1. The molecule has 0 radical (unpaired) electrons. The molecule has 0 saturated carbocycles. The second kappa shape index (κ2) is 7.87. The highest BCUT2D eigenvalue weighted by Crippen LogP contribution is 2.23. The second-order valence-corrected chi connectivity index (χ2v) is 6.56. The second-order valence-electron chi connectivity index (χ2n) is 6.56. The topological polar surface area (TPSA) is 75.1 Å². The van der Waals surface area contributed by atoms with Crippen LogP contribution < -0.4 is 10.9 Å². The van der Waals surface area contributed by atoms with Gasteiger partial charge in [0, 0.05) is 12.5 Å². The van der Waals surface area contributed by atoms with Crippen molar-refractivity contribution < 1.29 is 9.21 Å². The summed E-state index contributed by atoms with van der Waals surface area (Å²) < 4.78 is 5.26. The molecule has 0 aliphatic heterocycles. The molecule has 26 heavy (non-hydrogen) atoms. The number of furan rings is 1. The molecular formula is C21H22N2O3. The molecule has 2 heterocycles. The predicted octanol–water partition coefficient (Wildman–Crippen LogP) is 3.80. The Kier molecular flexibility index (Phi) is 5.37. The van der Waals surface area contributed by atoms with Gasteiger partial charge in [-0.05, 0) is 35.7 Å². The number of nitrogens with one attached hydrogen (secondary N) is 2. The van der Waals surface area contributed by atoms with Gasteiger partial charge in [-0.1, -0.05) is 44.2 Å². The van der Waals surface area contributed by atoms with E-state index in [0.29, 0.717) is 23.9 Å². The van der Waals surface area contributed by atoms with E-state index in [0.717, 1.165) is 0 Å². The number of hydrogen-bond donors (Lipinski definition) is 2. The summed E-state index contributed by atoms with van der Waals surface area (Å²) in [6.07, 6.45) is 1.53. The summed E-state index contributed by atoms with van der Waals surface area (Å²) in [6.45, 7) is 4.71. The van der Waals surface area contributed by atoms with Crippen LogP contribution >= 0.6 is 0 Å². The number of carbonyl (C=O) groups excluding carboxylic acids is 1. The zero-order valence-electron chi connectivity index (χ0n) is 14.9. The van der Waals surface area contributed by atoms with Gasteiger partial charge in [-0.15, -0.1) is 0 Å². The van der Waals surface area contributed by atoms with Crippen LogP contribution in [0.25, 0.3) is 11.5 Å². The third kappa shape index (κ3) is 3.94. The van der Waals surface area contributed by atoms with E-state index < -0.39 is 5.56 Å². The average molecular weight is 350 g/mol. The van der Waals surface area contributed by atoms with Gasteiger partial charge >= 0.3 is 0 Å². The van der Waals surface area contributed by atoms with Crippen LogP contribution in [0.15, 0.2) is 70.1 Å². The average Bonchev–Trinajstić information content (AvgIpc) is 3.17. The lowest BCUT2D eigenvalue weighted by Crippen LogP contribution is -2.33. The SMILES string of the molecule is CC(C)C(CNC(=O)c1ccc(-c2ccco2)[nH]c1=O)c1ccccc1. The molecule has 3 aromatic rings. The minimum atomic E-state index is -0.433. The molecular weight excluding hydrogens is 328 g/mol. The van der Waals surface area contributed by atoms with E-state index in [2.05, 4.69) is 36.3 Å². The standard InChI is InChI=1S/C21H22N2O3/c1-14(2)17(15-7-4-3-5-8-15)13-22-20(24)16-10-11-18(23-21(16)25)19-9-6-12-26-19/h3-12,14,17H,13H2,1-2H3,(H,22,24)(H,23,25). The molecule has 0 spiro atoms. The molecule has 5 heteroatoms. The van der Waals surface area contributed by atoms with Crippen molar-refractivity contribution in [3.8, 4) is 11.5 Å². The van der Waals surface area contributed by atoms with Crippen molar-refractivity contribution >= 4 is 5.91 Å². The monoisotopic (exact) mass is 350 g/mol. The Morgan fingerprint density at radius 2 is 1.85 bits per heavy atom. The first-order valence-electron chi connectivity index (χ1n) is 8.66. The van der Waals surface area contributed by atoms with Gasteiger partial charge in [0.2, 0.25) is 0 Å². The van der Waals surface area contributed by atoms with Gasteiger partial charge in [0.25, 0.3) is 11.5 Å². The summed E-state index contributed by atoms with van der Waals surface area (Å²) >= 11 is 0. The van der Waals surface area contributed by atoms with E-state index in [9.17, 15) is 9.59 Å². The van der Waals surface area contributed by atoms with E-state index in [-0.39, 0.29) is 17.4 Å². The maximum Gasteiger partial charge on any atom is 0.261 e. The van der Waals surface area contributed by atoms with Gasteiger partial charge in [0.1, 0.15) is 11.3 Å². The van der Waals surface area contributed by atoms with Gasteiger partial charge in [-0.3, -0.25) is 9.59 Å². The number of aromatic nitrogens is 1. The molecule has 0 saturated heterocycles. The Morgan fingerprint density at radius 3 is 2.46 bits per heavy atom. The number of pyridine rings is 1. The minimum Gasteiger partial charge on any atom is -0.463 e. The van der Waals surface area contributed by atoms with E-state index in [1.54, 1.807) is 18.2 Å². The van der Waals surface area contributed by atoms with Crippen LogP contribution in [0.1, 0.15) is 35.7 Å². The summed E-state index contributed by atoms with van der Waals surface area (Å²) in [7, 11) is 0. The largest absolute Gasteiger partial charge is 0.463 e. The van der Waals surface area contributed by atoms with Gasteiger partial charge in [0.05, 0.1) is 12.0 Å². The lowest BCUT2D eigenvalue weighted by molar-refractivity contribution is 0.0947. The summed E-state index contributed by atoms with van der Waals surface area (Å²) in [6, 6.07) is 16.8. The smallest absolute Gasteiger partial charge is 0.261 e. The zero-order valence-corrected chi connectivity index (χ0v) is 14.9. The van der Waals surface area contributed by atoms with Crippen LogP contribution in [0.2, 0.25) is 0 Å². The number of benzene rings is 1. The van der Waals surface area contributed by atoms with Crippen LogP contribution in [-0.4, -0.2) is 17.4 Å². The lowest BCUT2D eigenvalue weighted by Gasteiger charge is -2.21. The van der Waals surface area contributed by atoms with Crippen molar-refractivity contribution in [2.24, 2.45) is 5.92 Å². The summed E-state index contributed by atoms with van der Waals surface area (Å²) in [5, 5.41) is 2.89. The fourth-order valence-electron chi connectivity index (χ4n) is 2.96. The Labute approximate surface area is 152 Å². The Balaban J connectivity index is 1.72. The van der Waals surface area contributed by atoms with Gasteiger partial charge in [-0.25, -0.2) is 0 Å². The molecule has 2 aromatic heterocycles. The third-order valence-corrected chi connectivity index (χ3v) is 4.46. The Morgan fingerprint density at radius 1 is 1.08 bits per heavy atom. The first kappa shape index (κ1) is 17.7. The fraction of sp³-hybridized carbons (Fsp3) is 0.238. The first-order valence-corrected chi connectivity index (χ1v) is 8.66. The predicted molar refractivity (Wildman–Crippen MR) is 101 cm³/mol. The third-order valence-electron chi connectivity index (χ3n) is 4.46. The zero-order chi connectivity index (χ0) is 18.5. The summed E-state index contributed by atoms with van der Waals surface area (Å²) in [4.78, 5) is 27.4. The molecule has 0 aliphatic rings. The molecule has 2 N–H and O–H groups in total. The highest BCUT2D eigenvalue weighted by Gasteiger charge is 2.18. The van der Waals surface area contributed by atoms with E-state index in [1.165, 1.54) is 17.9 Å². The number of carbonyl (C=O) groups is 1. The molecule has 3 rings (SSSR count). The Bertz CT molecular complexity index is 912. The highest BCUT2D eigenvalue weighted by molar-refractivity contribution is 5.94. The normalized spacial score (nSPS) is 12.1. The molecule has 0 fully saturated rings. The highest BCUT2D eigenvalue weighted by atomic mass is 16.3. The quantitative estimate of drug-likeness (QED) is 0.710. The Hall–Kier alpha value is -3.08. The van der Waals surface area contributed by atoms with Crippen molar-refractivity contribution in [1.29, 1.82) is 0 Å². The molecule has 1 amide bonds. The van der Waals surface area contributed by atoms with Crippen LogP contribution in [0.3, 0.4) is 0 Å². The molecule has 0 bridgehead atoms. The van der Waals surface area contributed by atoms with Crippen molar-refractivity contribution in [1.82, 2.24) is 10.3 Å². The van der Waals surface area contributed by atoms with Crippen LogP contribution in [0, 0.1) is 5.92 Å². The number of rotatable bonds is 6. The lowest BCUT2D eigenvalue weighted by atomic mass is 9.88. The summed E-state index contributed by atoms with van der Waals surface area (Å²) in [5.41, 5.74) is 1.37. The first-order chi connectivity index (χ1) is 12.6. The molecule has 1 aromatic carbocycles. The minimum absolute atomic E-state index is 0.0934. The fourth-order valence-corrected chi connectivity index (χ4v) is 2.96. The van der Waals surface area contributed by atoms with Crippen molar-refractivity contribution in [3.63, 3.8) is 0 Å². The van der Waals surface area contributed by atoms with Crippen LogP contribution in [0.4, 0.5) is 0 Å². The van der Waals surface area contributed by atoms with E-state index >= 15 is 0 Å². The van der Waals surface area contributed by atoms with Crippen LogP contribution in [0.5, 0.6) is 0 Å². The van der Waals surface area contributed by atoms with Gasteiger partial charge in [-0.2, -0.15) is 0 Å². The molecule has 1 atom stereocenters. The number of hydrogen-bond acceptors (Lipinski definition) is 3. The van der Waals surface area contributed by atoms with Gasteiger partial charge < -0.3 is 14.7 Å². The maximum atomic E-state index is 12.5. The number of amides is 1. The molecule has 134 valence electrons. The maximum absolute atomic E-state index is 12.5. The van der Waals surface area contributed by atoms with Gasteiger partial charge in [0.15, 0.2) is 0 Å². The molecule has 1 unspecified atom stereocenters. The molecule has 0 aliphatic carbocycles. The number of aromatic amines is 1. The van der Waals surface area contributed by atoms with E-state index in [1.807, 2.05) is 18.2 Å².